The average Bonchev–Trinajstić information content (AvgIpc) is 2.94. The highest BCUT2D eigenvalue weighted by atomic mass is 32.2. The van der Waals surface area contributed by atoms with E-state index in [4.69, 9.17) is 14.2 Å². The van der Waals surface area contributed by atoms with Crippen LogP contribution in [0.3, 0.4) is 0 Å². The molecule has 3 aromatic carbocycles. The molecular weight excluding hydrogens is 518 g/mol. The van der Waals surface area contributed by atoms with Crippen molar-refractivity contribution in [3.05, 3.63) is 101 Å². The zero-order valence-electron chi connectivity index (χ0n) is 22.4. The number of carbonyl (C=O) groups is 1. The van der Waals surface area contributed by atoms with Gasteiger partial charge < -0.3 is 19.3 Å². The molecule has 0 saturated carbocycles. The summed E-state index contributed by atoms with van der Waals surface area (Å²) >= 11 is 0. The molecule has 0 amide bonds. The number of rotatable bonds is 9. The number of aliphatic hydroxyl groups excluding tert-OH is 1. The van der Waals surface area contributed by atoms with Gasteiger partial charge in [-0.15, -0.1) is 0 Å². The molecule has 3 atom stereocenters. The predicted octanol–water partition coefficient (Wildman–Crippen LogP) is 4.42. The standard InChI is InChI=1S/C30H33NO7S/c1-5-38-30(33)26-19-24(22-9-7-6-8-10-22)25(17-21-13-16-27(36-3)28(18-21)37-4)29(32)31(26)39(34,35)23-14-11-20(2)12-15-23/h6-16,18-19,24-25,29,32H,5,17H2,1-4H3/t24-,25-,29-/m1/s1. The Labute approximate surface area is 229 Å². The van der Waals surface area contributed by atoms with Gasteiger partial charge in [0.1, 0.15) is 11.9 Å². The summed E-state index contributed by atoms with van der Waals surface area (Å²) in [6, 6.07) is 21.1. The Balaban J connectivity index is 1.88. The van der Waals surface area contributed by atoms with E-state index in [0.717, 1.165) is 21.0 Å². The number of sulfonamides is 1. The number of allylic oxidation sites excluding steroid dienone is 1. The average molecular weight is 552 g/mol. The quantitative estimate of drug-likeness (QED) is 0.393. The van der Waals surface area contributed by atoms with Gasteiger partial charge in [0.15, 0.2) is 11.5 Å². The summed E-state index contributed by atoms with van der Waals surface area (Å²) in [4.78, 5) is 13.1. The van der Waals surface area contributed by atoms with E-state index in [9.17, 15) is 18.3 Å². The zero-order valence-corrected chi connectivity index (χ0v) is 23.2. The highest BCUT2D eigenvalue weighted by molar-refractivity contribution is 7.89. The van der Waals surface area contributed by atoms with Crippen molar-refractivity contribution in [1.82, 2.24) is 4.31 Å². The van der Waals surface area contributed by atoms with E-state index in [1.54, 1.807) is 44.4 Å². The number of methoxy groups -OCH3 is 2. The molecule has 3 aromatic rings. The number of ether oxygens (including phenoxy) is 3. The van der Waals surface area contributed by atoms with Crippen LogP contribution in [-0.2, 0) is 26.0 Å². The molecular formula is C30H33NO7S. The lowest BCUT2D eigenvalue weighted by molar-refractivity contribution is -0.141. The van der Waals surface area contributed by atoms with Gasteiger partial charge in [0, 0.05) is 11.8 Å². The first-order chi connectivity index (χ1) is 18.7. The summed E-state index contributed by atoms with van der Waals surface area (Å²) in [5, 5.41) is 11.8. The molecule has 0 fully saturated rings. The van der Waals surface area contributed by atoms with Crippen molar-refractivity contribution in [3.8, 4) is 11.5 Å². The number of carbonyl (C=O) groups excluding carboxylic acids is 1. The van der Waals surface area contributed by atoms with E-state index in [2.05, 4.69) is 0 Å². The van der Waals surface area contributed by atoms with Gasteiger partial charge in [0.25, 0.3) is 10.0 Å². The molecule has 206 valence electrons. The van der Waals surface area contributed by atoms with Gasteiger partial charge in [-0.05, 0) is 61.7 Å². The highest BCUT2D eigenvalue weighted by Crippen LogP contribution is 2.42. The van der Waals surface area contributed by atoms with Crippen molar-refractivity contribution in [3.63, 3.8) is 0 Å². The molecule has 0 aliphatic carbocycles. The number of hydrogen-bond acceptors (Lipinski definition) is 7. The fraction of sp³-hybridized carbons (Fsp3) is 0.300. The second kappa shape index (κ2) is 11.9. The number of aliphatic hydroxyl groups is 1. The van der Waals surface area contributed by atoms with Crippen molar-refractivity contribution < 1.29 is 32.5 Å². The van der Waals surface area contributed by atoms with Crippen molar-refractivity contribution in [2.75, 3.05) is 20.8 Å². The first-order valence-electron chi connectivity index (χ1n) is 12.6. The molecule has 1 heterocycles. The fourth-order valence-electron chi connectivity index (χ4n) is 4.86. The second-order valence-corrected chi connectivity index (χ2v) is 11.1. The van der Waals surface area contributed by atoms with E-state index in [0.29, 0.717) is 11.5 Å². The van der Waals surface area contributed by atoms with Gasteiger partial charge >= 0.3 is 5.97 Å². The number of benzene rings is 3. The lowest BCUT2D eigenvalue weighted by atomic mass is 9.78. The normalized spacial score (nSPS) is 19.3. The summed E-state index contributed by atoms with van der Waals surface area (Å²) < 4.78 is 44.7. The summed E-state index contributed by atoms with van der Waals surface area (Å²) in [5.41, 5.74) is 2.29. The minimum atomic E-state index is -4.33. The number of nitrogens with zero attached hydrogens (tertiary/aromatic N) is 1. The van der Waals surface area contributed by atoms with Crippen LogP contribution in [0.2, 0.25) is 0 Å². The Bertz CT molecular complexity index is 1440. The van der Waals surface area contributed by atoms with Crippen molar-refractivity contribution in [2.45, 2.75) is 37.3 Å². The molecule has 0 bridgehead atoms. The molecule has 0 unspecified atom stereocenters. The smallest absolute Gasteiger partial charge is 0.355 e. The van der Waals surface area contributed by atoms with E-state index >= 15 is 0 Å². The minimum absolute atomic E-state index is 0.0367. The first kappa shape index (κ1) is 28.2. The molecule has 4 rings (SSSR count). The maximum Gasteiger partial charge on any atom is 0.355 e. The topological polar surface area (TPSA) is 102 Å². The van der Waals surface area contributed by atoms with E-state index in [-0.39, 0.29) is 23.6 Å². The van der Waals surface area contributed by atoms with Gasteiger partial charge in [-0.3, -0.25) is 0 Å². The third-order valence-corrected chi connectivity index (χ3v) is 8.62. The van der Waals surface area contributed by atoms with Crippen LogP contribution in [0, 0.1) is 12.8 Å². The Morgan fingerprint density at radius 1 is 0.949 bits per heavy atom. The Hall–Kier alpha value is -3.82. The van der Waals surface area contributed by atoms with Gasteiger partial charge in [0.05, 0.1) is 25.7 Å². The summed E-state index contributed by atoms with van der Waals surface area (Å²) in [5.74, 6) is -0.888. The van der Waals surface area contributed by atoms with Crippen LogP contribution in [0.4, 0.5) is 0 Å². The SMILES string of the molecule is CCOC(=O)C1=C[C@H](c2ccccc2)[C@@H](Cc2ccc(OC)c(OC)c2)[C@@H](O)N1S(=O)(=O)c1ccc(C)cc1. The van der Waals surface area contributed by atoms with E-state index in [1.807, 2.05) is 43.3 Å². The number of hydrogen-bond donors (Lipinski definition) is 1. The molecule has 39 heavy (non-hydrogen) atoms. The second-order valence-electron chi connectivity index (χ2n) is 9.29. The van der Waals surface area contributed by atoms with Crippen LogP contribution in [-0.4, -0.2) is 50.9 Å². The molecule has 9 heteroatoms. The van der Waals surface area contributed by atoms with Crippen LogP contribution in [0.15, 0.2) is 89.5 Å². The maximum atomic E-state index is 13.9. The van der Waals surface area contributed by atoms with Crippen molar-refractivity contribution in [1.29, 1.82) is 0 Å². The van der Waals surface area contributed by atoms with E-state index < -0.39 is 34.1 Å². The molecule has 8 nitrogen and oxygen atoms in total. The predicted molar refractivity (Wildman–Crippen MR) is 147 cm³/mol. The third kappa shape index (κ3) is 5.79. The lowest BCUT2D eigenvalue weighted by Crippen LogP contribution is -2.50. The van der Waals surface area contributed by atoms with E-state index in [1.165, 1.54) is 19.2 Å². The maximum absolute atomic E-state index is 13.9. The molecule has 1 aliphatic rings. The van der Waals surface area contributed by atoms with Crippen LogP contribution >= 0.6 is 0 Å². The van der Waals surface area contributed by atoms with Crippen LogP contribution in [0.1, 0.15) is 29.5 Å². The third-order valence-electron chi connectivity index (χ3n) is 6.83. The Kier molecular flexibility index (Phi) is 8.62. The molecule has 1 N–H and O–H groups in total. The van der Waals surface area contributed by atoms with Gasteiger partial charge in [0.2, 0.25) is 0 Å². The van der Waals surface area contributed by atoms with Crippen LogP contribution in [0.5, 0.6) is 11.5 Å². The minimum Gasteiger partial charge on any atom is -0.493 e. The first-order valence-corrected chi connectivity index (χ1v) is 14.1. The molecule has 0 saturated heterocycles. The monoisotopic (exact) mass is 551 g/mol. The summed E-state index contributed by atoms with van der Waals surface area (Å²) in [6.45, 7) is 3.54. The van der Waals surface area contributed by atoms with Crippen LogP contribution in [0.25, 0.3) is 0 Å². The highest BCUT2D eigenvalue weighted by Gasteiger charge is 2.46. The fourth-order valence-corrected chi connectivity index (χ4v) is 6.40. The summed E-state index contributed by atoms with van der Waals surface area (Å²) in [7, 11) is -1.24. The molecule has 1 aliphatic heterocycles. The van der Waals surface area contributed by atoms with Gasteiger partial charge in [-0.2, -0.15) is 0 Å². The van der Waals surface area contributed by atoms with Gasteiger partial charge in [-0.1, -0.05) is 54.1 Å². The summed E-state index contributed by atoms with van der Waals surface area (Å²) in [6.07, 6.45) is 0.309. The zero-order chi connectivity index (χ0) is 28.2. The Morgan fingerprint density at radius 2 is 1.62 bits per heavy atom. The van der Waals surface area contributed by atoms with Crippen molar-refractivity contribution in [2.24, 2.45) is 5.92 Å². The van der Waals surface area contributed by atoms with Crippen LogP contribution < -0.4 is 9.47 Å². The number of esters is 1. The van der Waals surface area contributed by atoms with Crippen molar-refractivity contribution >= 4 is 16.0 Å². The molecule has 0 spiro atoms. The number of aryl methyl sites for hydroxylation is 1. The lowest BCUT2D eigenvalue weighted by Gasteiger charge is -2.42. The van der Waals surface area contributed by atoms with Gasteiger partial charge in [-0.25, -0.2) is 17.5 Å². The molecule has 0 aromatic heterocycles. The molecule has 0 radical (unpaired) electrons. The Morgan fingerprint density at radius 3 is 2.23 bits per heavy atom. The largest absolute Gasteiger partial charge is 0.493 e.